The second-order valence-electron chi connectivity index (χ2n) is 12.4. The number of likely N-dealkylation sites (tertiary alicyclic amines) is 1. The number of likely N-dealkylation sites (N-methyl/N-ethyl adjacent to an activating group) is 1. The first-order valence-electron chi connectivity index (χ1n) is 15.2. The van der Waals surface area contributed by atoms with Crippen LogP contribution in [0.2, 0.25) is 0 Å². The second-order valence-corrected chi connectivity index (χ2v) is 12.4. The minimum atomic E-state index is -0.286. The minimum Gasteiger partial charge on any atom is -0.496 e. The third-order valence-electron chi connectivity index (χ3n) is 10.1. The van der Waals surface area contributed by atoms with Gasteiger partial charge in [0.15, 0.2) is 6.35 Å². The molecule has 10 heteroatoms. The summed E-state index contributed by atoms with van der Waals surface area (Å²) in [5, 5.41) is 17.2. The number of methoxy groups -OCH3 is 1. The largest absolute Gasteiger partial charge is 0.496 e. The van der Waals surface area contributed by atoms with Crippen molar-refractivity contribution in [3.63, 3.8) is 0 Å². The Labute approximate surface area is 243 Å². The number of amides is 1. The topological polar surface area (TPSA) is 102 Å². The van der Waals surface area contributed by atoms with E-state index >= 15 is 0 Å². The van der Waals surface area contributed by atoms with Crippen LogP contribution in [0, 0.1) is 17.2 Å². The van der Waals surface area contributed by atoms with Crippen LogP contribution in [0.15, 0.2) is 30.9 Å². The van der Waals surface area contributed by atoms with Crippen molar-refractivity contribution in [1.82, 2.24) is 25.3 Å². The lowest BCUT2D eigenvalue weighted by Gasteiger charge is -2.54. The molecular weight excluding hydrogens is 520 g/mol. The molecule has 5 aliphatic rings. The summed E-state index contributed by atoms with van der Waals surface area (Å²) in [5.41, 5.74) is 0.903. The fraction of sp³-hybridized carbons (Fsp3) is 0.677. The van der Waals surface area contributed by atoms with Crippen LogP contribution in [0.4, 0.5) is 0 Å². The highest BCUT2D eigenvalue weighted by molar-refractivity contribution is 5.87. The monoisotopic (exact) mass is 564 g/mol. The van der Waals surface area contributed by atoms with E-state index in [0.29, 0.717) is 38.1 Å². The maximum absolute atomic E-state index is 12.5. The quantitative estimate of drug-likeness (QED) is 0.482. The van der Waals surface area contributed by atoms with Crippen LogP contribution in [0.1, 0.15) is 44.1 Å². The highest BCUT2D eigenvalue weighted by Gasteiger charge is 2.52. The lowest BCUT2D eigenvalue weighted by atomic mass is 9.71. The Bertz CT molecular complexity index is 1170. The summed E-state index contributed by atoms with van der Waals surface area (Å²) in [6.07, 6.45) is 7.51. The molecule has 1 saturated carbocycles. The molecule has 3 saturated heterocycles. The normalized spacial score (nSPS) is 35.4. The van der Waals surface area contributed by atoms with Crippen LogP contribution in [0.3, 0.4) is 0 Å². The second kappa shape index (κ2) is 11.9. The summed E-state index contributed by atoms with van der Waals surface area (Å²) in [5.74, 6) is 2.08. The SMILES string of the molecule is C=CC(=O)N1CCN(C2NC(OCC3CCCN3C)NC3C[C@]4(CCC32)Cc2c(OC)cccc2O4)CC1CC#N. The van der Waals surface area contributed by atoms with Gasteiger partial charge in [-0.1, -0.05) is 12.6 Å². The predicted molar refractivity (Wildman–Crippen MR) is 154 cm³/mol. The molecule has 0 aromatic heterocycles. The van der Waals surface area contributed by atoms with Crippen LogP contribution >= 0.6 is 0 Å². The summed E-state index contributed by atoms with van der Waals surface area (Å²) >= 11 is 0. The van der Waals surface area contributed by atoms with Crippen molar-refractivity contribution >= 4 is 5.91 Å². The summed E-state index contributed by atoms with van der Waals surface area (Å²) in [7, 11) is 3.90. The number of rotatable bonds is 7. The van der Waals surface area contributed by atoms with Gasteiger partial charge in [-0.3, -0.25) is 20.3 Å². The number of benzene rings is 1. The molecule has 1 amide bonds. The molecule has 4 heterocycles. The van der Waals surface area contributed by atoms with Gasteiger partial charge in [-0.05, 0) is 57.5 Å². The molecule has 7 atom stereocenters. The smallest absolute Gasteiger partial charge is 0.246 e. The molecule has 0 bridgehead atoms. The maximum Gasteiger partial charge on any atom is 0.246 e. The van der Waals surface area contributed by atoms with Crippen molar-refractivity contribution in [3.8, 4) is 17.6 Å². The highest BCUT2D eigenvalue weighted by Crippen LogP contribution is 2.49. The third-order valence-corrected chi connectivity index (χ3v) is 10.1. The number of fused-ring (bicyclic) bond motifs is 2. The van der Waals surface area contributed by atoms with E-state index in [1.165, 1.54) is 18.1 Å². The molecule has 1 spiro atoms. The van der Waals surface area contributed by atoms with Crippen LogP contribution < -0.4 is 20.1 Å². The van der Waals surface area contributed by atoms with Crippen molar-refractivity contribution < 1.29 is 19.0 Å². The van der Waals surface area contributed by atoms with Gasteiger partial charge in [-0.15, -0.1) is 0 Å². The zero-order valence-corrected chi connectivity index (χ0v) is 24.4. The van der Waals surface area contributed by atoms with Crippen molar-refractivity contribution in [1.29, 1.82) is 5.26 Å². The van der Waals surface area contributed by atoms with E-state index in [9.17, 15) is 10.1 Å². The van der Waals surface area contributed by atoms with Crippen LogP contribution in [-0.4, -0.2) is 104 Å². The summed E-state index contributed by atoms with van der Waals surface area (Å²) in [4.78, 5) is 19.2. The van der Waals surface area contributed by atoms with E-state index in [0.717, 1.165) is 56.7 Å². The van der Waals surface area contributed by atoms with Gasteiger partial charge in [-0.2, -0.15) is 5.26 Å². The lowest BCUT2D eigenvalue weighted by molar-refractivity contribution is -0.138. The molecule has 0 radical (unpaired) electrons. The Kier molecular flexibility index (Phi) is 8.25. The first kappa shape index (κ1) is 28.4. The van der Waals surface area contributed by atoms with Gasteiger partial charge >= 0.3 is 0 Å². The number of nitrogens with one attached hydrogen (secondary N) is 2. The summed E-state index contributed by atoms with van der Waals surface area (Å²) in [6, 6.07) is 8.84. The number of ether oxygens (including phenoxy) is 3. The lowest BCUT2D eigenvalue weighted by Crippen LogP contribution is -2.73. The third kappa shape index (κ3) is 5.58. The van der Waals surface area contributed by atoms with Gasteiger partial charge in [0.2, 0.25) is 5.91 Å². The molecule has 41 heavy (non-hydrogen) atoms. The Balaban J connectivity index is 1.21. The molecule has 2 N–H and O–H groups in total. The Morgan fingerprint density at radius 3 is 2.90 bits per heavy atom. The molecule has 1 aromatic carbocycles. The predicted octanol–water partition coefficient (Wildman–Crippen LogP) is 2.06. The highest BCUT2D eigenvalue weighted by atomic mass is 16.5. The van der Waals surface area contributed by atoms with E-state index in [4.69, 9.17) is 14.2 Å². The Morgan fingerprint density at radius 2 is 2.15 bits per heavy atom. The number of carbonyl (C=O) groups excluding carboxylic acids is 1. The zero-order chi connectivity index (χ0) is 28.6. The van der Waals surface area contributed by atoms with E-state index in [1.807, 2.05) is 17.0 Å². The number of nitrogens with zero attached hydrogens (tertiary/aromatic N) is 4. The molecule has 222 valence electrons. The first-order chi connectivity index (χ1) is 19.9. The van der Waals surface area contributed by atoms with Gasteiger partial charge in [-0.25, -0.2) is 0 Å². The average molecular weight is 565 g/mol. The van der Waals surface area contributed by atoms with Gasteiger partial charge in [0.05, 0.1) is 38.4 Å². The maximum atomic E-state index is 12.5. The number of hydrogen-bond donors (Lipinski definition) is 2. The number of carbonyl (C=O) groups is 1. The molecular formula is C31H44N6O4. The number of piperazine rings is 1. The van der Waals surface area contributed by atoms with E-state index in [2.05, 4.69) is 46.2 Å². The molecule has 4 fully saturated rings. The van der Waals surface area contributed by atoms with Crippen molar-refractivity contribution in [2.45, 2.75) is 81.2 Å². The molecule has 10 nitrogen and oxygen atoms in total. The van der Waals surface area contributed by atoms with Gasteiger partial charge in [0.25, 0.3) is 0 Å². The van der Waals surface area contributed by atoms with Gasteiger partial charge in [0.1, 0.15) is 17.1 Å². The minimum absolute atomic E-state index is 0.0744. The van der Waals surface area contributed by atoms with Crippen molar-refractivity contribution in [3.05, 3.63) is 36.4 Å². The average Bonchev–Trinajstić information content (AvgIpc) is 3.57. The van der Waals surface area contributed by atoms with Crippen LogP contribution in [0.5, 0.6) is 11.5 Å². The number of hydrogen-bond acceptors (Lipinski definition) is 9. The molecule has 1 aromatic rings. The van der Waals surface area contributed by atoms with Crippen molar-refractivity contribution in [2.75, 3.05) is 46.9 Å². The zero-order valence-electron chi connectivity index (χ0n) is 24.4. The van der Waals surface area contributed by atoms with Crippen LogP contribution in [0.25, 0.3) is 0 Å². The van der Waals surface area contributed by atoms with E-state index < -0.39 is 0 Å². The molecule has 6 unspecified atom stereocenters. The summed E-state index contributed by atoms with van der Waals surface area (Å²) < 4.78 is 18.9. The van der Waals surface area contributed by atoms with E-state index in [-0.39, 0.29) is 36.1 Å². The number of nitriles is 1. The Morgan fingerprint density at radius 1 is 1.27 bits per heavy atom. The van der Waals surface area contributed by atoms with Gasteiger partial charge < -0.3 is 24.0 Å². The fourth-order valence-electron chi connectivity index (χ4n) is 7.91. The Hall–Kier alpha value is -2.68. The van der Waals surface area contributed by atoms with Gasteiger partial charge in [0, 0.05) is 56.0 Å². The molecule has 6 rings (SSSR count). The summed E-state index contributed by atoms with van der Waals surface area (Å²) in [6.45, 7) is 7.44. The van der Waals surface area contributed by atoms with E-state index in [1.54, 1.807) is 7.11 Å². The molecule has 4 aliphatic heterocycles. The standard InChI is InChI=1S/C31H44N6O4/c1-4-28(38)37-16-15-36(19-21(37)11-13-32)29-23-10-12-31(17-24-26(39-3)8-5-9-27(24)41-31)18-25(23)33-30(34-29)40-20-22-7-6-14-35(22)2/h4-5,8-9,21-23,25,29-30,33-34H,1,6-7,10-12,14-20H2,2-3H3/t21?,22?,23?,25?,29?,30?,31-/m0/s1. The van der Waals surface area contributed by atoms with Crippen molar-refractivity contribution in [2.24, 2.45) is 5.92 Å². The molecule has 1 aliphatic carbocycles. The van der Waals surface area contributed by atoms with Crippen LogP contribution in [-0.2, 0) is 16.0 Å². The first-order valence-corrected chi connectivity index (χ1v) is 15.2. The fourth-order valence-corrected chi connectivity index (χ4v) is 7.91.